The lowest BCUT2D eigenvalue weighted by molar-refractivity contribution is 0.00682. The van der Waals surface area contributed by atoms with Crippen molar-refractivity contribution in [2.24, 2.45) is 5.92 Å². The molecule has 3 atom stereocenters. The molecule has 2 nitrogen and oxygen atoms in total. The fourth-order valence-electron chi connectivity index (χ4n) is 1.75. The summed E-state index contributed by atoms with van der Waals surface area (Å²) in [6, 6.07) is 0. The van der Waals surface area contributed by atoms with Crippen molar-refractivity contribution in [3.63, 3.8) is 0 Å². The largest absolute Gasteiger partial charge is 0.382 e. The summed E-state index contributed by atoms with van der Waals surface area (Å²) in [6.07, 6.45) is 5.86. The van der Waals surface area contributed by atoms with Crippen molar-refractivity contribution in [2.75, 3.05) is 13.7 Å². The highest BCUT2D eigenvalue weighted by Gasteiger charge is 2.13. The van der Waals surface area contributed by atoms with E-state index < -0.39 is 0 Å². The zero-order valence-electron chi connectivity index (χ0n) is 11.1. The monoisotopic (exact) mass is 216 g/mol. The van der Waals surface area contributed by atoms with Crippen molar-refractivity contribution in [1.29, 1.82) is 0 Å². The summed E-state index contributed by atoms with van der Waals surface area (Å²) >= 11 is 0. The quantitative estimate of drug-likeness (QED) is 0.717. The summed E-state index contributed by atoms with van der Waals surface area (Å²) in [5.41, 5.74) is 0. The fraction of sp³-hybridized carbons (Fsp3) is 1.00. The van der Waals surface area contributed by atoms with Crippen LogP contribution >= 0.6 is 0 Å². The van der Waals surface area contributed by atoms with Crippen molar-refractivity contribution >= 4 is 0 Å². The Bertz CT molecular complexity index is 128. The average Bonchev–Trinajstić information content (AvgIpc) is 2.18. The van der Waals surface area contributed by atoms with Gasteiger partial charge in [0.2, 0.25) is 0 Å². The van der Waals surface area contributed by atoms with E-state index in [2.05, 4.69) is 27.7 Å². The Morgan fingerprint density at radius 2 is 2.07 bits per heavy atom. The predicted molar refractivity (Wildman–Crippen MR) is 65.2 cm³/mol. The van der Waals surface area contributed by atoms with Gasteiger partial charge in [0.15, 0.2) is 0 Å². The van der Waals surface area contributed by atoms with Crippen LogP contribution in [0.2, 0.25) is 0 Å². The summed E-state index contributed by atoms with van der Waals surface area (Å²) < 4.78 is 10.3. The molecule has 0 N–H and O–H groups in total. The Balaban J connectivity index is 0.000000265. The Kier molecular flexibility index (Phi) is 9.12. The first-order valence-electron chi connectivity index (χ1n) is 6.24. The van der Waals surface area contributed by atoms with Gasteiger partial charge in [0.05, 0.1) is 12.2 Å². The van der Waals surface area contributed by atoms with E-state index in [9.17, 15) is 0 Å². The Morgan fingerprint density at radius 3 is 2.33 bits per heavy atom. The molecule has 0 aliphatic carbocycles. The van der Waals surface area contributed by atoms with Crippen LogP contribution in [-0.4, -0.2) is 25.9 Å². The molecular formula is C13H28O2. The van der Waals surface area contributed by atoms with Crippen LogP contribution < -0.4 is 0 Å². The molecule has 92 valence electrons. The molecule has 1 heterocycles. The molecule has 1 aliphatic heterocycles. The molecule has 3 unspecified atom stereocenters. The Morgan fingerprint density at radius 1 is 1.40 bits per heavy atom. The minimum absolute atomic E-state index is 0.449. The highest BCUT2D eigenvalue weighted by molar-refractivity contribution is 4.63. The van der Waals surface area contributed by atoms with E-state index >= 15 is 0 Å². The second-order valence-electron chi connectivity index (χ2n) is 4.65. The molecular weight excluding hydrogens is 188 g/mol. The van der Waals surface area contributed by atoms with Crippen LogP contribution in [0.25, 0.3) is 0 Å². The molecule has 1 saturated heterocycles. The number of hydrogen-bond donors (Lipinski definition) is 0. The van der Waals surface area contributed by atoms with E-state index in [4.69, 9.17) is 9.47 Å². The van der Waals surface area contributed by atoms with Crippen molar-refractivity contribution in [3.05, 3.63) is 0 Å². The van der Waals surface area contributed by atoms with E-state index in [0.717, 1.165) is 12.5 Å². The van der Waals surface area contributed by atoms with Crippen LogP contribution in [-0.2, 0) is 9.47 Å². The third kappa shape index (κ3) is 8.88. The Labute approximate surface area is 95.3 Å². The van der Waals surface area contributed by atoms with Crippen LogP contribution in [0.3, 0.4) is 0 Å². The molecule has 2 heteroatoms. The lowest BCUT2D eigenvalue weighted by Crippen LogP contribution is -2.20. The van der Waals surface area contributed by atoms with Gasteiger partial charge in [0.1, 0.15) is 0 Å². The van der Waals surface area contributed by atoms with Gasteiger partial charge in [-0.05, 0) is 39.0 Å². The summed E-state index contributed by atoms with van der Waals surface area (Å²) in [6.45, 7) is 9.66. The SMILES string of the molecule is CC1CCOC(C)C1.CCCC(C)OC. The maximum Gasteiger partial charge on any atom is 0.0549 e. The van der Waals surface area contributed by atoms with E-state index in [-0.39, 0.29) is 0 Å². The topological polar surface area (TPSA) is 18.5 Å². The summed E-state index contributed by atoms with van der Waals surface area (Å²) in [4.78, 5) is 0. The van der Waals surface area contributed by atoms with Crippen LogP contribution in [0.5, 0.6) is 0 Å². The molecule has 0 bridgehead atoms. The van der Waals surface area contributed by atoms with Crippen LogP contribution in [0.1, 0.15) is 53.4 Å². The smallest absolute Gasteiger partial charge is 0.0549 e. The van der Waals surface area contributed by atoms with Crippen LogP contribution in [0, 0.1) is 5.92 Å². The molecule has 15 heavy (non-hydrogen) atoms. The zero-order chi connectivity index (χ0) is 11.7. The predicted octanol–water partition coefficient (Wildman–Crippen LogP) is 3.64. The second-order valence-corrected chi connectivity index (χ2v) is 4.65. The minimum atomic E-state index is 0.449. The van der Waals surface area contributed by atoms with Crippen molar-refractivity contribution in [3.8, 4) is 0 Å². The molecule has 1 fully saturated rings. The maximum absolute atomic E-state index is 5.35. The van der Waals surface area contributed by atoms with Gasteiger partial charge in [0, 0.05) is 13.7 Å². The normalized spacial score (nSPS) is 27.8. The molecule has 0 amide bonds. The third-order valence-electron chi connectivity index (χ3n) is 2.84. The van der Waals surface area contributed by atoms with Crippen LogP contribution in [0.15, 0.2) is 0 Å². The number of rotatable bonds is 3. The fourth-order valence-corrected chi connectivity index (χ4v) is 1.75. The number of methoxy groups -OCH3 is 1. The summed E-state index contributed by atoms with van der Waals surface area (Å²) in [7, 11) is 1.75. The number of ether oxygens (including phenoxy) is 2. The van der Waals surface area contributed by atoms with Crippen molar-refractivity contribution in [1.82, 2.24) is 0 Å². The molecule has 1 rings (SSSR count). The molecule has 0 aromatic heterocycles. The average molecular weight is 216 g/mol. The summed E-state index contributed by atoms with van der Waals surface area (Å²) in [5, 5.41) is 0. The van der Waals surface area contributed by atoms with Gasteiger partial charge in [0.25, 0.3) is 0 Å². The molecule has 0 spiro atoms. The molecule has 1 aliphatic rings. The third-order valence-corrected chi connectivity index (χ3v) is 2.84. The van der Waals surface area contributed by atoms with E-state index in [1.54, 1.807) is 7.11 Å². The van der Waals surface area contributed by atoms with Gasteiger partial charge < -0.3 is 9.47 Å². The molecule has 0 radical (unpaired) electrons. The Hall–Kier alpha value is -0.0800. The van der Waals surface area contributed by atoms with Crippen LogP contribution in [0.4, 0.5) is 0 Å². The van der Waals surface area contributed by atoms with Gasteiger partial charge in [-0.1, -0.05) is 20.3 Å². The maximum atomic E-state index is 5.35. The standard InChI is InChI=1S/C7H14O.C6H14O/c1-6-3-4-8-7(2)5-6;1-4-5-6(2)7-3/h6-7H,3-5H2,1-2H3;6H,4-5H2,1-3H3. The first-order chi connectivity index (χ1) is 7.10. The first kappa shape index (κ1) is 14.9. The minimum Gasteiger partial charge on any atom is -0.382 e. The van der Waals surface area contributed by atoms with Gasteiger partial charge in [-0.3, -0.25) is 0 Å². The molecule has 0 saturated carbocycles. The van der Waals surface area contributed by atoms with Gasteiger partial charge in [-0.2, -0.15) is 0 Å². The molecule has 0 aromatic carbocycles. The highest BCUT2D eigenvalue weighted by atomic mass is 16.5. The first-order valence-corrected chi connectivity index (χ1v) is 6.24. The highest BCUT2D eigenvalue weighted by Crippen LogP contribution is 2.18. The van der Waals surface area contributed by atoms with E-state index in [0.29, 0.717) is 12.2 Å². The second kappa shape index (κ2) is 9.17. The lowest BCUT2D eigenvalue weighted by Gasteiger charge is -2.23. The van der Waals surface area contributed by atoms with Gasteiger partial charge in [-0.15, -0.1) is 0 Å². The molecule has 0 aromatic rings. The zero-order valence-corrected chi connectivity index (χ0v) is 11.1. The summed E-state index contributed by atoms with van der Waals surface area (Å²) in [5.74, 6) is 0.888. The van der Waals surface area contributed by atoms with Gasteiger partial charge >= 0.3 is 0 Å². The number of hydrogen-bond acceptors (Lipinski definition) is 2. The van der Waals surface area contributed by atoms with E-state index in [1.807, 2.05) is 0 Å². The van der Waals surface area contributed by atoms with Crippen molar-refractivity contribution in [2.45, 2.75) is 65.6 Å². The van der Waals surface area contributed by atoms with Crippen molar-refractivity contribution < 1.29 is 9.47 Å². The lowest BCUT2D eigenvalue weighted by atomic mass is 9.99. The van der Waals surface area contributed by atoms with E-state index in [1.165, 1.54) is 25.7 Å². The van der Waals surface area contributed by atoms with Gasteiger partial charge in [-0.25, -0.2) is 0 Å².